The first-order chi connectivity index (χ1) is 27.0. The number of hydrogen-bond donors (Lipinski definition) is 3. The van der Waals surface area contributed by atoms with Gasteiger partial charge in [-0.05, 0) is 73.4 Å². The van der Waals surface area contributed by atoms with Crippen molar-refractivity contribution < 1.29 is 9.47 Å². The van der Waals surface area contributed by atoms with Crippen LogP contribution in [0.15, 0.2) is 91.0 Å². The number of fused-ring (bicyclic) bond motifs is 1. The molecule has 0 amide bonds. The summed E-state index contributed by atoms with van der Waals surface area (Å²) in [6.07, 6.45) is 14.9. The molecule has 2 aliphatic heterocycles. The third-order valence-corrected chi connectivity index (χ3v) is 12.3. The summed E-state index contributed by atoms with van der Waals surface area (Å²) >= 11 is 6.90. The molecule has 3 atom stereocenters. The number of piperidine rings is 1. The second-order valence-corrected chi connectivity index (χ2v) is 16.4. The molecule has 1 aliphatic carbocycles. The Kier molecular flexibility index (Phi) is 13.4. The lowest BCUT2D eigenvalue weighted by Gasteiger charge is -2.41. The molecule has 1 spiro atoms. The average Bonchev–Trinajstić information content (AvgIpc) is 3.21. The van der Waals surface area contributed by atoms with Crippen LogP contribution in [0, 0.1) is 22.7 Å². The van der Waals surface area contributed by atoms with Gasteiger partial charge in [0.25, 0.3) is 0 Å². The van der Waals surface area contributed by atoms with Crippen molar-refractivity contribution in [3.05, 3.63) is 113 Å². The standard InChI is InChI=1S/C47H58ClN5O2/c1-2-54-45-28-42-40(27-43(45)53(31-35-16-10-8-11-17-35)32-36-18-12-9-13-19-36)46(37(29-49)30-50-42)52-38-20-21-44(41(48)26-38)55-33-39-22-25-47(34-51-39)23-14-6-4-3-5-7-15-24-47/h8-13,16-21,26-28,37,39,46,50-52H,2-7,14-15,22-25,30-34H2,1H3. The van der Waals surface area contributed by atoms with Crippen molar-refractivity contribution in [1.29, 1.82) is 5.26 Å². The first kappa shape index (κ1) is 38.9. The second kappa shape index (κ2) is 19.0. The summed E-state index contributed by atoms with van der Waals surface area (Å²) in [5.74, 6) is 1.20. The number of nitriles is 1. The van der Waals surface area contributed by atoms with Gasteiger partial charge in [0, 0.05) is 55.2 Å². The number of ether oxygens (including phenoxy) is 2. The number of hydrogen-bond acceptors (Lipinski definition) is 7. The van der Waals surface area contributed by atoms with E-state index in [1.807, 2.05) is 37.3 Å². The number of halogens is 1. The summed E-state index contributed by atoms with van der Waals surface area (Å²) in [6, 6.07) is 33.9. The highest BCUT2D eigenvalue weighted by atomic mass is 35.5. The van der Waals surface area contributed by atoms with Crippen molar-refractivity contribution >= 4 is 28.7 Å². The number of anilines is 3. The Labute approximate surface area is 333 Å². The molecule has 7 nitrogen and oxygen atoms in total. The van der Waals surface area contributed by atoms with E-state index in [0.717, 1.165) is 41.3 Å². The highest BCUT2D eigenvalue weighted by molar-refractivity contribution is 6.32. The summed E-state index contributed by atoms with van der Waals surface area (Å²) in [4.78, 5) is 2.37. The molecule has 4 aromatic carbocycles. The summed E-state index contributed by atoms with van der Waals surface area (Å²) in [5, 5.41) is 22.0. The topological polar surface area (TPSA) is 81.6 Å². The van der Waals surface area contributed by atoms with Crippen molar-refractivity contribution in [2.45, 2.75) is 103 Å². The molecule has 2 heterocycles. The Balaban J connectivity index is 1.07. The Morgan fingerprint density at radius 1 is 0.818 bits per heavy atom. The summed E-state index contributed by atoms with van der Waals surface area (Å²) in [7, 11) is 0. The van der Waals surface area contributed by atoms with Gasteiger partial charge in [-0.3, -0.25) is 0 Å². The third-order valence-electron chi connectivity index (χ3n) is 12.0. The van der Waals surface area contributed by atoms with E-state index in [2.05, 4.69) is 87.6 Å². The third kappa shape index (κ3) is 10.1. The van der Waals surface area contributed by atoms with E-state index in [4.69, 9.17) is 21.1 Å². The van der Waals surface area contributed by atoms with E-state index < -0.39 is 0 Å². The molecule has 3 aliphatic rings. The van der Waals surface area contributed by atoms with Crippen molar-refractivity contribution in [2.24, 2.45) is 11.3 Å². The van der Waals surface area contributed by atoms with Crippen molar-refractivity contribution in [1.82, 2.24) is 5.32 Å². The number of nitrogens with zero attached hydrogens (tertiary/aromatic N) is 2. The van der Waals surface area contributed by atoms with Gasteiger partial charge in [0.15, 0.2) is 0 Å². The predicted octanol–water partition coefficient (Wildman–Crippen LogP) is 11.3. The molecule has 0 aromatic heterocycles. The fourth-order valence-electron chi connectivity index (χ4n) is 8.89. The Morgan fingerprint density at radius 2 is 1.49 bits per heavy atom. The molecule has 3 unspecified atom stereocenters. The molecule has 7 rings (SSSR count). The van der Waals surface area contributed by atoms with Crippen molar-refractivity contribution in [2.75, 3.05) is 41.8 Å². The fraction of sp³-hybridized carbons (Fsp3) is 0.468. The first-order valence-corrected chi connectivity index (χ1v) is 21.1. The highest BCUT2D eigenvalue weighted by Gasteiger charge is 2.35. The van der Waals surface area contributed by atoms with Crippen LogP contribution in [-0.2, 0) is 13.1 Å². The Hall–Kier alpha value is -4.38. The van der Waals surface area contributed by atoms with Crippen LogP contribution in [0.4, 0.5) is 17.1 Å². The number of rotatable bonds is 12. The minimum absolute atomic E-state index is 0.269. The Morgan fingerprint density at radius 3 is 2.09 bits per heavy atom. The van der Waals surface area contributed by atoms with Gasteiger partial charge in [0.05, 0.1) is 35.3 Å². The molecule has 290 valence electrons. The SMILES string of the molecule is CCOc1cc2c(cc1N(Cc1ccccc1)Cc1ccccc1)C(Nc1ccc(OCC3CCC4(CCCCCCCCC4)CN3)c(Cl)c1)C(C#N)CN2. The molecule has 0 bridgehead atoms. The maximum absolute atomic E-state index is 10.4. The monoisotopic (exact) mass is 759 g/mol. The van der Waals surface area contributed by atoms with Crippen LogP contribution in [0.1, 0.15) is 100 Å². The lowest BCUT2D eigenvalue weighted by Crippen LogP contribution is -2.48. The van der Waals surface area contributed by atoms with Crippen LogP contribution in [0.2, 0.25) is 5.02 Å². The quantitative estimate of drug-likeness (QED) is 0.133. The van der Waals surface area contributed by atoms with Gasteiger partial charge in [-0.2, -0.15) is 5.26 Å². The van der Waals surface area contributed by atoms with E-state index in [1.165, 1.54) is 75.3 Å². The van der Waals surface area contributed by atoms with E-state index in [1.54, 1.807) is 0 Å². The van der Waals surface area contributed by atoms with Crippen LogP contribution >= 0.6 is 11.6 Å². The Bertz CT molecular complexity index is 1800. The van der Waals surface area contributed by atoms with Crippen molar-refractivity contribution in [3.8, 4) is 17.6 Å². The number of benzene rings is 4. The van der Waals surface area contributed by atoms with Crippen LogP contribution in [0.3, 0.4) is 0 Å². The maximum atomic E-state index is 10.4. The molecule has 0 radical (unpaired) electrons. The summed E-state index contributed by atoms with van der Waals surface area (Å²) in [6.45, 7) is 6.20. The highest BCUT2D eigenvalue weighted by Crippen LogP contribution is 2.44. The van der Waals surface area contributed by atoms with Gasteiger partial charge in [0.1, 0.15) is 18.1 Å². The molecule has 1 saturated heterocycles. The second-order valence-electron chi connectivity index (χ2n) is 16.0. The van der Waals surface area contributed by atoms with Gasteiger partial charge < -0.3 is 30.3 Å². The molecular weight excluding hydrogens is 702 g/mol. The van der Waals surface area contributed by atoms with Gasteiger partial charge in [-0.25, -0.2) is 0 Å². The molecule has 8 heteroatoms. The van der Waals surface area contributed by atoms with Crippen LogP contribution in [-0.4, -0.2) is 32.3 Å². The van der Waals surface area contributed by atoms with Crippen LogP contribution < -0.4 is 30.3 Å². The average molecular weight is 760 g/mol. The van der Waals surface area contributed by atoms with E-state index in [-0.39, 0.29) is 12.0 Å². The zero-order valence-corrected chi connectivity index (χ0v) is 33.3. The molecular formula is C47H58ClN5O2. The minimum Gasteiger partial charge on any atom is -0.492 e. The van der Waals surface area contributed by atoms with E-state index in [9.17, 15) is 5.26 Å². The van der Waals surface area contributed by atoms with Crippen LogP contribution in [0.5, 0.6) is 11.5 Å². The fourth-order valence-corrected chi connectivity index (χ4v) is 9.12. The molecule has 3 N–H and O–H groups in total. The zero-order valence-electron chi connectivity index (χ0n) is 32.5. The van der Waals surface area contributed by atoms with Gasteiger partial charge in [-0.15, -0.1) is 0 Å². The molecule has 4 aromatic rings. The first-order valence-electron chi connectivity index (χ1n) is 20.7. The molecule has 2 fully saturated rings. The van der Waals surface area contributed by atoms with E-state index >= 15 is 0 Å². The van der Waals surface area contributed by atoms with Gasteiger partial charge in [0.2, 0.25) is 0 Å². The summed E-state index contributed by atoms with van der Waals surface area (Å²) in [5.41, 5.74) is 6.71. The largest absolute Gasteiger partial charge is 0.492 e. The minimum atomic E-state index is -0.308. The predicted molar refractivity (Wildman–Crippen MR) is 226 cm³/mol. The molecule has 55 heavy (non-hydrogen) atoms. The smallest absolute Gasteiger partial charge is 0.144 e. The van der Waals surface area contributed by atoms with E-state index in [0.29, 0.717) is 55.1 Å². The summed E-state index contributed by atoms with van der Waals surface area (Å²) < 4.78 is 12.7. The van der Waals surface area contributed by atoms with Gasteiger partial charge >= 0.3 is 0 Å². The normalized spacial score (nSPS) is 21.0. The zero-order chi connectivity index (χ0) is 37.9. The van der Waals surface area contributed by atoms with Crippen molar-refractivity contribution in [3.63, 3.8) is 0 Å². The number of nitrogens with one attached hydrogen (secondary N) is 3. The molecule has 1 saturated carbocycles. The lowest BCUT2D eigenvalue weighted by molar-refractivity contribution is 0.117. The van der Waals surface area contributed by atoms with Gasteiger partial charge in [-0.1, -0.05) is 117 Å². The maximum Gasteiger partial charge on any atom is 0.144 e. The van der Waals surface area contributed by atoms with Crippen LogP contribution in [0.25, 0.3) is 0 Å². The lowest BCUT2D eigenvalue weighted by atomic mass is 9.71.